The monoisotopic (exact) mass is 660 g/mol. The summed E-state index contributed by atoms with van der Waals surface area (Å²) in [6, 6.07) is 70.9. The van der Waals surface area contributed by atoms with Crippen LogP contribution in [0.1, 0.15) is 0 Å². The summed E-state index contributed by atoms with van der Waals surface area (Å²) in [7, 11) is 0. The molecule has 0 saturated carbocycles. The van der Waals surface area contributed by atoms with Gasteiger partial charge in [0.1, 0.15) is 0 Å². The van der Waals surface area contributed by atoms with E-state index >= 15 is 0 Å². The van der Waals surface area contributed by atoms with E-state index in [0.29, 0.717) is 0 Å². The number of nitrogens with zero attached hydrogens (tertiary/aromatic N) is 2. The van der Waals surface area contributed by atoms with Crippen molar-refractivity contribution in [3.63, 3.8) is 0 Å². The van der Waals surface area contributed by atoms with Gasteiger partial charge in [-0.25, -0.2) is 0 Å². The topological polar surface area (TPSA) is 9.86 Å². The van der Waals surface area contributed by atoms with Crippen LogP contribution in [0, 0.1) is 0 Å². The van der Waals surface area contributed by atoms with Gasteiger partial charge in [-0.15, -0.1) is 0 Å². The summed E-state index contributed by atoms with van der Waals surface area (Å²) in [6.45, 7) is 0. The van der Waals surface area contributed by atoms with E-state index in [1.807, 2.05) is 0 Å². The Bertz CT molecular complexity index is 3150. The van der Waals surface area contributed by atoms with Crippen molar-refractivity contribution >= 4 is 65.2 Å². The highest BCUT2D eigenvalue weighted by Gasteiger charge is 2.15. The fraction of sp³-hybridized carbons (Fsp3) is 0. The van der Waals surface area contributed by atoms with Crippen molar-refractivity contribution in [1.82, 2.24) is 9.13 Å². The number of hydrogen-bond acceptors (Lipinski definition) is 0. The van der Waals surface area contributed by atoms with Gasteiger partial charge in [0.15, 0.2) is 0 Å². The Morgan fingerprint density at radius 2 is 0.692 bits per heavy atom. The smallest absolute Gasteiger partial charge is 0.0547 e. The molecule has 2 nitrogen and oxygen atoms in total. The van der Waals surface area contributed by atoms with Crippen LogP contribution >= 0.6 is 0 Å². The molecule has 52 heavy (non-hydrogen) atoms. The van der Waals surface area contributed by atoms with Gasteiger partial charge in [-0.3, -0.25) is 0 Å². The Labute approximate surface area is 301 Å². The van der Waals surface area contributed by atoms with Crippen molar-refractivity contribution in [3.05, 3.63) is 194 Å². The highest BCUT2D eigenvalue weighted by Crippen LogP contribution is 2.39. The third-order valence-corrected chi connectivity index (χ3v) is 10.9. The van der Waals surface area contributed by atoms with Crippen LogP contribution in [0.4, 0.5) is 0 Å². The second-order valence-electron chi connectivity index (χ2n) is 13.8. The maximum absolute atomic E-state index is 2.40. The van der Waals surface area contributed by atoms with E-state index in [2.05, 4.69) is 203 Å². The molecule has 0 amide bonds. The third-order valence-electron chi connectivity index (χ3n) is 10.9. The van der Waals surface area contributed by atoms with Crippen molar-refractivity contribution < 1.29 is 0 Å². The number of fused-ring (bicyclic) bond motifs is 9. The summed E-state index contributed by atoms with van der Waals surface area (Å²) in [6.07, 6.45) is 0. The van der Waals surface area contributed by atoms with Crippen molar-refractivity contribution in [3.8, 4) is 33.6 Å². The lowest BCUT2D eigenvalue weighted by molar-refractivity contribution is 1.18. The predicted molar refractivity (Wildman–Crippen MR) is 221 cm³/mol. The maximum atomic E-state index is 2.40. The summed E-state index contributed by atoms with van der Waals surface area (Å²) in [5.41, 5.74) is 12.1. The molecule has 9 aromatic carbocycles. The van der Waals surface area contributed by atoms with E-state index in [9.17, 15) is 0 Å². The molecule has 0 aliphatic heterocycles. The molecule has 0 unspecified atom stereocenters. The van der Waals surface area contributed by atoms with Crippen LogP contribution in [-0.2, 0) is 0 Å². The largest absolute Gasteiger partial charge is 0.309 e. The van der Waals surface area contributed by atoms with E-state index in [1.54, 1.807) is 0 Å². The van der Waals surface area contributed by atoms with Crippen molar-refractivity contribution in [2.24, 2.45) is 0 Å². The van der Waals surface area contributed by atoms with Gasteiger partial charge < -0.3 is 9.13 Å². The Morgan fingerprint density at radius 3 is 1.33 bits per heavy atom. The maximum Gasteiger partial charge on any atom is 0.0547 e. The third kappa shape index (κ3) is 4.38. The number of rotatable bonds is 4. The van der Waals surface area contributed by atoms with Gasteiger partial charge in [-0.05, 0) is 111 Å². The molecule has 0 radical (unpaired) electrons. The Hall–Kier alpha value is -6.90. The summed E-state index contributed by atoms with van der Waals surface area (Å²) >= 11 is 0. The molecule has 0 bridgehead atoms. The van der Waals surface area contributed by atoms with Crippen LogP contribution in [0.2, 0.25) is 0 Å². The predicted octanol–water partition coefficient (Wildman–Crippen LogP) is 13.5. The zero-order valence-electron chi connectivity index (χ0n) is 28.4. The molecule has 11 aromatic rings. The molecule has 11 rings (SSSR count). The Balaban J connectivity index is 0.979. The standard InChI is InChI=1S/C50H32N2/c1-3-11-39(12-4-1)51-47-17-9-7-15-42(47)45-30-36(26-28-49(45)51)34-21-19-33(20-22-34)35-25-27-41-37(29-35)23-24-38-31-50-46(32-44(38)41)43-16-8-10-18-48(43)52(50)40-13-5-2-6-14-40/h1-32H. The van der Waals surface area contributed by atoms with E-state index < -0.39 is 0 Å². The van der Waals surface area contributed by atoms with Crippen molar-refractivity contribution in [2.45, 2.75) is 0 Å². The first kappa shape index (κ1) is 28.9. The minimum Gasteiger partial charge on any atom is -0.309 e. The Morgan fingerprint density at radius 1 is 0.231 bits per heavy atom. The fourth-order valence-corrected chi connectivity index (χ4v) is 8.43. The number of aromatic nitrogens is 2. The molecule has 0 N–H and O–H groups in total. The van der Waals surface area contributed by atoms with Crippen LogP contribution < -0.4 is 0 Å². The van der Waals surface area contributed by atoms with Gasteiger partial charge in [0.25, 0.3) is 0 Å². The first-order chi connectivity index (χ1) is 25.8. The lowest BCUT2D eigenvalue weighted by Crippen LogP contribution is -1.93. The zero-order chi connectivity index (χ0) is 34.2. The van der Waals surface area contributed by atoms with Gasteiger partial charge in [0.05, 0.1) is 22.1 Å². The van der Waals surface area contributed by atoms with Crippen LogP contribution in [0.25, 0.3) is 98.8 Å². The highest BCUT2D eigenvalue weighted by atomic mass is 15.0. The molecular weight excluding hydrogens is 629 g/mol. The van der Waals surface area contributed by atoms with E-state index in [1.165, 1.54) is 98.8 Å². The average Bonchev–Trinajstić information content (AvgIpc) is 3.72. The minimum absolute atomic E-state index is 1.18. The van der Waals surface area contributed by atoms with Crippen LogP contribution in [0.3, 0.4) is 0 Å². The van der Waals surface area contributed by atoms with Gasteiger partial charge in [0.2, 0.25) is 0 Å². The molecule has 0 fully saturated rings. The summed E-state index contributed by atoms with van der Waals surface area (Å²) in [4.78, 5) is 0. The second-order valence-corrected chi connectivity index (χ2v) is 13.8. The quantitative estimate of drug-likeness (QED) is 0.166. The van der Waals surface area contributed by atoms with Gasteiger partial charge in [-0.2, -0.15) is 0 Å². The molecule has 2 aromatic heterocycles. The first-order valence-electron chi connectivity index (χ1n) is 17.9. The molecule has 0 spiro atoms. The SMILES string of the molecule is c1ccc(-n2c3ccccc3c3cc(-c4ccc(-c5ccc6c(ccc7cc8c(cc76)c6ccccc6n8-c6ccccc6)c5)cc4)ccc32)cc1. The molecule has 0 saturated heterocycles. The Kier molecular flexibility index (Phi) is 6.28. The minimum atomic E-state index is 1.18. The van der Waals surface area contributed by atoms with Crippen LogP contribution in [0.5, 0.6) is 0 Å². The molecule has 2 heteroatoms. The van der Waals surface area contributed by atoms with E-state index in [4.69, 9.17) is 0 Å². The fourth-order valence-electron chi connectivity index (χ4n) is 8.43. The summed E-state index contributed by atoms with van der Waals surface area (Å²) in [5.74, 6) is 0. The second kappa shape index (κ2) is 11.3. The first-order valence-corrected chi connectivity index (χ1v) is 17.9. The average molecular weight is 661 g/mol. The number of para-hydroxylation sites is 4. The van der Waals surface area contributed by atoms with Crippen molar-refractivity contribution in [1.29, 1.82) is 0 Å². The highest BCUT2D eigenvalue weighted by molar-refractivity contribution is 6.18. The number of hydrogen-bond donors (Lipinski definition) is 0. The van der Waals surface area contributed by atoms with E-state index in [0.717, 1.165) is 0 Å². The summed E-state index contributed by atoms with van der Waals surface area (Å²) in [5, 5.41) is 10.2. The lowest BCUT2D eigenvalue weighted by atomic mass is 9.95. The van der Waals surface area contributed by atoms with Gasteiger partial charge in [-0.1, -0.05) is 127 Å². The molecule has 0 aliphatic rings. The normalized spacial score (nSPS) is 11.8. The molecule has 2 heterocycles. The molecule has 242 valence electrons. The summed E-state index contributed by atoms with van der Waals surface area (Å²) < 4.78 is 4.76. The van der Waals surface area contributed by atoms with Gasteiger partial charge >= 0.3 is 0 Å². The van der Waals surface area contributed by atoms with E-state index in [-0.39, 0.29) is 0 Å². The van der Waals surface area contributed by atoms with Crippen LogP contribution in [0.15, 0.2) is 194 Å². The molecule has 0 atom stereocenters. The zero-order valence-corrected chi connectivity index (χ0v) is 28.4. The lowest BCUT2D eigenvalue weighted by Gasteiger charge is -2.11. The van der Waals surface area contributed by atoms with Gasteiger partial charge in [0, 0.05) is 32.9 Å². The molecule has 0 aliphatic carbocycles. The number of benzene rings is 9. The van der Waals surface area contributed by atoms with Crippen LogP contribution in [-0.4, -0.2) is 9.13 Å². The molecular formula is C50H32N2. The van der Waals surface area contributed by atoms with Crippen molar-refractivity contribution in [2.75, 3.05) is 0 Å².